The van der Waals surface area contributed by atoms with Crippen molar-refractivity contribution >= 4 is 10.9 Å². The first-order chi connectivity index (χ1) is 9.95. The SMILES string of the molecule is Cc1cc(C2CCCCC2)c2cc(C(F)(F)F)ccc2n1. The van der Waals surface area contributed by atoms with Crippen molar-refractivity contribution in [1.82, 2.24) is 4.98 Å². The first kappa shape index (κ1) is 14.4. The first-order valence-electron chi connectivity index (χ1n) is 7.43. The number of halogens is 3. The van der Waals surface area contributed by atoms with Gasteiger partial charge in [0.15, 0.2) is 0 Å². The number of nitrogens with zero attached hydrogens (tertiary/aromatic N) is 1. The molecule has 1 aromatic carbocycles. The van der Waals surface area contributed by atoms with Gasteiger partial charge < -0.3 is 0 Å². The third kappa shape index (κ3) is 2.89. The summed E-state index contributed by atoms with van der Waals surface area (Å²) in [5.41, 5.74) is 2.01. The number of alkyl halides is 3. The molecule has 0 radical (unpaired) electrons. The number of hydrogen-bond acceptors (Lipinski definition) is 1. The molecule has 0 atom stereocenters. The van der Waals surface area contributed by atoms with Crippen molar-refractivity contribution in [3.05, 3.63) is 41.1 Å². The Morgan fingerprint density at radius 1 is 1.05 bits per heavy atom. The third-order valence-electron chi connectivity index (χ3n) is 4.34. The maximum absolute atomic E-state index is 12.9. The van der Waals surface area contributed by atoms with Crippen LogP contribution < -0.4 is 0 Å². The van der Waals surface area contributed by atoms with Crippen LogP contribution in [0, 0.1) is 6.92 Å². The maximum Gasteiger partial charge on any atom is 0.416 e. The Labute approximate surface area is 122 Å². The lowest BCUT2D eigenvalue weighted by molar-refractivity contribution is -0.137. The van der Waals surface area contributed by atoms with E-state index in [9.17, 15) is 13.2 Å². The molecule has 0 spiro atoms. The van der Waals surface area contributed by atoms with E-state index in [0.29, 0.717) is 16.8 Å². The van der Waals surface area contributed by atoms with Gasteiger partial charge in [0, 0.05) is 11.1 Å². The summed E-state index contributed by atoms with van der Waals surface area (Å²) in [5, 5.41) is 0.669. The number of aromatic nitrogens is 1. The lowest BCUT2D eigenvalue weighted by Crippen LogP contribution is -2.08. The molecule has 0 bridgehead atoms. The van der Waals surface area contributed by atoms with Crippen molar-refractivity contribution in [2.45, 2.75) is 51.1 Å². The summed E-state index contributed by atoms with van der Waals surface area (Å²) in [5.74, 6) is 0.367. The van der Waals surface area contributed by atoms with Gasteiger partial charge in [0.2, 0.25) is 0 Å². The molecule has 2 aromatic rings. The Morgan fingerprint density at radius 3 is 2.43 bits per heavy atom. The first-order valence-corrected chi connectivity index (χ1v) is 7.43. The highest BCUT2D eigenvalue weighted by Gasteiger charge is 2.31. The molecule has 0 N–H and O–H groups in total. The zero-order valence-electron chi connectivity index (χ0n) is 12.0. The predicted octanol–water partition coefficient (Wildman–Crippen LogP) is 5.61. The number of aryl methyl sites for hydroxylation is 1. The highest BCUT2D eigenvalue weighted by atomic mass is 19.4. The second-order valence-electron chi connectivity index (χ2n) is 5.92. The molecule has 1 aliphatic rings. The zero-order valence-corrected chi connectivity index (χ0v) is 12.0. The van der Waals surface area contributed by atoms with E-state index in [1.807, 2.05) is 13.0 Å². The topological polar surface area (TPSA) is 12.9 Å². The molecule has 0 aliphatic heterocycles. The minimum Gasteiger partial charge on any atom is -0.253 e. The average molecular weight is 293 g/mol. The minimum atomic E-state index is -4.30. The average Bonchev–Trinajstić information content (AvgIpc) is 2.46. The van der Waals surface area contributed by atoms with Crippen LogP contribution in [0.4, 0.5) is 13.2 Å². The van der Waals surface area contributed by atoms with Gasteiger partial charge in [-0.05, 0) is 55.5 Å². The maximum atomic E-state index is 12.9. The van der Waals surface area contributed by atoms with E-state index >= 15 is 0 Å². The molecule has 21 heavy (non-hydrogen) atoms. The fraction of sp³-hybridized carbons (Fsp3) is 0.471. The summed E-state index contributed by atoms with van der Waals surface area (Å²) < 4.78 is 38.8. The molecule has 4 heteroatoms. The number of fused-ring (bicyclic) bond motifs is 1. The summed E-state index contributed by atoms with van der Waals surface area (Å²) >= 11 is 0. The van der Waals surface area contributed by atoms with Crippen molar-refractivity contribution in [1.29, 1.82) is 0 Å². The Kier molecular flexibility index (Phi) is 3.64. The number of benzene rings is 1. The molecule has 0 unspecified atom stereocenters. The number of hydrogen-bond donors (Lipinski definition) is 0. The molecule has 1 saturated carbocycles. The van der Waals surface area contributed by atoms with Crippen LogP contribution in [0.3, 0.4) is 0 Å². The Balaban J connectivity index is 2.16. The predicted molar refractivity (Wildman–Crippen MR) is 77.3 cm³/mol. The van der Waals surface area contributed by atoms with Gasteiger partial charge in [0.05, 0.1) is 11.1 Å². The Morgan fingerprint density at radius 2 is 1.76 bits per heavy atom. The smallest absolute Gasteiger partial charge is 0.253 e. The minimum absolute atomic E-state index is 0.367. The molecular formula is C17H18F3N. The quantitative estimate of drug-likeness (QED) is 0.666. The summed E-state index contributed by atoms with van der Waals surface area (Å²) in [6, 6.07) is 5.86. The zero-order chi connectivity index (χ0) is 15.0. The van der Waals surface area contributed by atoms with Crippen LogP contribution >= 0.6 is 0 Å². The summed E-state index contributed by atoms with van der Waals surface area (Å²) in [6.07, 6.45) is 1.37. The number of pyridine rings is 1. The highest BCUT2D eigenvalue weighted by Crippen LogP contribution is 2.38. The van der Waals surface area contributed by atoms with E-state index < -0.39 is 11.7 Å². The lowest BCUT2D eigenvalue weighted by Gasteiger charge is -2.24. The van der Waals surface area contributed by atoms with E-state index in [1.165, 1.54) is 18.6 Å². The normalized spacial score (nSPS) is 17.3. The van der Waals surface area contributed by atoms with Crippen molar-refractivity contribution in [2.24, 2.45) is 0 Å². The molecule has 0 amide bonds. The van der Waals surface area contributed by atoms with Crippen molar-refractivity contribution in [3.63, 3.8) is 0 Å². The number of rotatable bonds is 1. The van der Waals surface area contributed by atoms with Crippen LogP contribution in [0.5, 0.6) is 0 Å². The second kappa shape index (κ2) is 5.32. The molecule has 1 heterocycles. The van der Waals surface area contributed by atoms with Crippen LogP contribution in [0.1, 0.15) is 54.8 Å². The largest absolute Gasteiger partial charge is 0.416 e. The van der Waals surface area contributed by atoms with E-state index in [1.54, 1.807) is 0 Å². The van der Waals surface area contributed by atoms with Gasteiger partial charge in [-0.15, -0.1) is 0 Å². The molecule has 1 aliphatic carbocycles. The van der Waals surface area contributed by atoms with Crippen LogP contribution in [-0.4, -0.2) is 4.98 Å². The van der Waals surface area contributed by atoms with E-state index in [2.05, 4.69) is 4.98 Å². The van der Waals surface area contributed by atoms with Crippen molar-refractivity contribution < 1.29 is 13.2 Å². The highest BCUT2D eigenvalue weighted by molar-refractivity contribution is 5.84. The van der Waals surface area contributed by atoms with Crippen LogP contribution in [-0.2, 0) is 6.18 Å². The fourth-order valence-corrected chi connectivity index (χ4v) is 3.32. The fourth-order valence-electron chi connectivity index (χ4n) is 3.32. The van der Waals surface area contributed by atoms with Gasteiger partial charge in [0.1, 0.15) is 0 Å². The standard InChI is InChI=1S/C17H18F3N/c1-11-9-14(12-5-3-2-4-6-12)15-10-13(17(18,19)20)7-8-16(15)21-11/h7-10,12H,2-6H2,1H3. The van der Waals surface area contributed by atoms with Gasteiger partial charge in [-0.1, -0.05) is 19.3 Å². The van der Waals surface area contributed by atoms with E-state index in [0.717, 1.165) is 43.0 Å². The monoisotopic (exact) mass is 293 g/mol. The molecule has 1 nitrogen and oxygen atoms in total. The van der Waals surface area contributed by atoms with E-state index in [4.69, 9.17) is 0 Å². The molecule has 3 rings (SSSR count). The van der Waals surface area contributed by atoms with Gasteiger partial charge in [-0.3, -0.25) is 4.98 Å². The van der Waals surface area contributed by atoms with Crippen molar-refractivity contribution in [3.8, 4) is 0 Å². The van der Waals surface area contributed by atoms with Crippen LogP contribution in [0.2, 0.25) is 0 Å². The Hall–Kier alpha value is -1.58. The lowest BCUT2D eigenvalue weighted by atomic mass is 9.82. The van der Waals surface area contributed by atoms with Gasteiger partial charge >= 0.3 is 6.18 Å². The molecule has 0 saturated heterocycles. The summed E-state index contributed by atoms with van der Waals surface area (Å²) in [6.45, 7) is 1.91. The van der Waals surface area contributed by atoms with Crippen LogP contribution in [0.25, 0.3) is 10.9 Å². The molecule has 1 fully saturated rings. The Bertz CT molecular complexity index is 655. The van der Waals surface area contributed by atoms with Gasteiger partial charge in [-0.2, -0.15) is 13.2 Å². The van der Waals surface area contributed by atoms with Crippen molar-refractivity contribution in [2.75, 3.05) is 0 Å². The third-order valence-corrected chi connectivity index (χ3v) is 4.34. The summed E-state index contributed by atoms with van der Waals surface area (Å²) in [7, 11) is 0. The van der Waals surface area contributed by atoms with Crippen LogP contribution in [0.15, 0.2) is 24.3 Å². The molecular weight excluding hydrogens is 275 g/mol. The summed E-state index contributed by atoms with van der Waals surface area (Å²) in [4.78, 5) is 4.39. The van der Waals surface area contributed by atoms with Gasteiger partial charge in [0.25, 0.3) is 0 Å². The molecule has 112 valence electrons. The van der Waals surface area contributed by atoms with E-state index in [-0.39, 0.29) is 0 Å². The molecule has 1 aromatic heterocycles. The van der Waals surface area contributed by atoms with Gasteiger partial charge in [-0.25, -0.2) is 0 Å². The second-order valence-corrected chi connectivity index (χ2v) is 5.92.